The van der Waals surface area contributed by atoms with Crippen LogP contribution in [0.3, 0.4) is 0 Å². The maximum Gasteiger partial charge on any atom is 0.256 e. The van der Waals surface area contributed by atoms with Gasteiger partial charge in [0.05, 0.1) is 24.0 Å². The molecule has 5 heteroatoms. The quantitative estimate of drug-likeness (QED) is 0.735. The fraction of sp³-hybridized carbons (Fsp3) is 0.350. The molecule has 1 aliphatic rings. The summed E-state index contributed by atoms with van der Waals surface area (Å²) in [6.45, 7) is 3.33. The van der Waals surface area contributed by atoms with Crippen LogP contribution in [0.4, 0.5) is 5.69 Å². The van der Waals surface area contributed by atoms with Crippen LogP contribution in [0.15, 0.2) is 53.4 Å². The third-order valence-corrected chi connectivity index (χ3v) is 5.22. The maximum atomic E-state index is 12.8. The van der Waals surface area contributed by atoms with Crippen LogP contribution in [-0.4, -0.2) is 31.0 Å². The Kier molecular flexibility index (Phi) is 6.36. The molecule has 1 aliphatic heterocycles. The third kappa shape index (κ3) is 4.77. The lowest BCUT2D eigenvalue weighted by Gasteiger charge is -2.14. The van der Waals surface area contributed by atoms with E-state index in [0.29, 0.717) is 29.7 Å². The van der Waals surface area contributed by atoms with Crippen molar-refractivity contribution < 1.29 is 14.3 Å². The Morgan fingerprint density at radius 1 is 1.24 bits per heavy atom. The number of carbonyl (C=O) groups excluding carboxylic acids is 1. The van der Waals surface area contributed by atoms with Crippen LogP contribution in [0.25, 0.3) is 0 Å². The monoisotopic (exact) mass is 357 g/mol. The van der Waals surface area contributed by atoms with E-state index in [0.717, 1.165) is 30.1 Å². The minimum Gasteiger partial charge on any atom is -0.492 e. The van der Waals surface area contributed by atoms with Crippen molar-refractivity contribution in [2.24, 2.45) is 0 Å². The highest BCUT2D eigenvalue weighted by atomic mass is 32.2. The first-order valence-corrected chi connectivity index (χ1v) is 9.63. The van der Waals surface area contributed by atoms with Crippen molar-refractivity contribution in [1.82, 2.24) is 0 Å². The van der Waals surface area contributed by atoms with Crippen molar-refractivity contribution in [3.8, 4) is 5.75 Å². The van der Waals surface area contributed by atoms with E-state index in [1.165, 1.54) is 0 Å². The minimum atomic E-state index is -0.123. The smallest absolute Gasteiger partial charge is 0.256 e. The second kappa shape index (κ2) is 8.92. The van der Waals surface area contributed by atoms with Crippen molar-refractivity contribution >= 4 is 23.4 Å². The molecule has 1 unspecified atom stereocenters. The highest BCUT2D eigenvalue weighted by Gasteiger charge is 2.18. The molecule has 0 spiro atoms. The Morgan fingerprint density at radius 2 is 2.04 bits per heavy atom. The largest absolute Gasteiger partial charge is 0.492 e. The van der Waals surface area contributed by atoms with Crippen LogP contribution in [0.2, 0.25) is 0 Å². The van der Waals surface area contributed by atoms with E-state index in [1.54, 1.807) is 11.8 Å². The topological polar surface area (TPSA) is 47.6 Å². The van der Waals surface area contributed by atoms with Gasteiger partial charge in [0.1, 0.15) is 5.75 Å². The number of hydrogen-bond donors (Lipinski definition) is 1. The Morgan fingerprint density at radius 3 is 2.84 bits per heavy atom. The zero-order chi connectivity index (χ0) is 17.5. The van der Waals surface area contributed by atoms with E-state index >= 15 is 0 Å². The molecule has 1 heterocycles. The number of ether oxygens (including phenoxy) is 2. The van der Waals surface area contributed by atoms with Crippen molar-refractivity contribution in [2.45, 2.75) is 30.8 Å². The number of para-hydroxylation sites is 2. The third-order valence-electron chi connectivity index (χ3n) is 4.02. The molecule has 3 rings (SSSR count). The number of benzene rings is 2. The maximum absolute atomic E-state index is 12.8. The summed E-state index contributed by atoms with van der Waals surface area (Å²) in [6, 6.07) is 15.2. The molecule has 0 saturated carbocycles. The lowest BCUT2D eigenvalue weighted by atomic mass is 10.2. The predicted octanol–water partition coefficient (Wildman–Crippen LogP) is 4.61. The van der Waals surface area contributed by atoms with Crippen LogP contribution in [0, 0.1) is 0 Å². The lowest BCUT2D eigenvalue weighted by Crippen LogP contribution is -2.14. The summed E-state index contributed by atoms with van der Waals surface area (Å²) in [5.74, 6) is 1.44. The number of hydrogen-bond acceptors (Lipinski definition) is 4. The van der Waals surface area contributed by atoms with Crippen LogP contribution < -0.4 is 10.1 Å². The summed E-state index contributed by atoms with van der Waals surface area (Å²) in [5, 5.41) is 2.97. The summed E-state index contributed by atoms with van der Waals surface area (Å²) >= 11 is 1.68. The average molecular weight is 357 g/mol. The molecule has 2 aromatic carbocycles. The van der Waals surface area contributed by atoms with E-state index in [-0.39, 0.29) is 5.91 Å². The molecular formula is C20H23NO3S. The summed E-state index contributed by atoms with van der Waals surface area (Å²) in [4.78, 5) is 13.8. The number of anilines is 1. The molecule has 132 valence electrons. The fourth-order valence-electron chi connectivity index (χ4n) is 2.78. The molecular weight excluding hydrogens is 334 g/mol. The van der Waals surface area contributed by atoms with E-state index in [4.69, 9.17) is 9.47 Å². The Hall–Kier alpha value is -1.98. The second-order valence-corrected chi connectivity index (χ2v) is 6.89. The van der Waals surface area contributed by atoms with Crippen LogP contribution in [0.1, 0.15) is 30.1 Å². The molecule has 1 N–H and O–H groups in total. The van der Waals surface area contributed by atoms with E-state index in [1.807, 2.05) is 55.5 Å². The number of rotatable bonds is 7. The molecule has 0 radical (unpaired) electrons. The normalized spacial score (nSPS) is 16.6. The summed E-state index contributed by atoms with van der Waals surface area (Å²) in [7, 11) is 0. The van der Waals surface area contributed by atoms with Gasteiger partial charge in [-0.15, -0.1) is 11.8 Å². The standard InChI is InChI=1S/C20H23NO3S/c1-2-23-18-11-5-4-10-17(18)21-20(22)16-9-3-6-12-19(16)25-14-15-8-7-13-24-15/h3-6,9-12,15H,2,7-8,13-14H2,1H3,(H,21,22). The Bertz CT molecular complexity index is 714. The summed E-state index contributed by atoms with van der Waals surface area (Å²) in [6.07, 6.45) is 2.52. The molecule has 4 nitrogen and oxygen atoms in total. The van der Waals surface area contributed by atoms with Crippen molar-refractivity contribution in [2.75, 3.05) is 24.3 Å². The second-order valence-electron chi connectivity index (χ2n) is 5.83. The van der Waals surface area contributed by atoms with Gasteiger partial charge in [0.25, 0.3) is 5.91 Å². The van der Waals surface area contributed by atoms with Gasteiger partial charge < -0.3 is 14.8 Å². The number of amides is 1. The molecule has 0 bridgehead atoms. The molecule has 25 heavy (non-hydrogen) atoms. The zero-order valence-corrected chi connectivity index (χ0v) is 15.2. The van der Waals surface area contributed by atoms with Crippen LogP contribution in [0.5, 0.6) is 5.75 Å². The van der Waals surface area contributed by atoms with Gasteiger partial charge in [0.15, 0.2) is 0 Å². The van der Waals surface area contributed by atoms with Gasteiger partial charge in [-0.05, 0) is 44.0 Å². The van der Waals surface area contributed by atoms with Gasteiger partial charge in [0, 0.05) is 17.3 Å². The van der Waals surface area contributed by atoms with Gasteiger partial charge in [-0.2, -0.15) is 0 Å². The van der Waals surface area contributed by atoms with Crippen molar-refractivity contribution in [3.05, 3.63) is 54.1 Å². The lowest BCUT2D eigenvalue weighted by molar-refractivity contribution is 0.102. The van der Waals surface area contributed by atoms with Gasteiger partial charge in [-0.3, -0.25) is 4.79 Å². The van der Waals surface area contributed by atoms with Crippen molar-refractivity contribution in [1.29, 1.82) is 0 Å². The number of nitrogens with one attached hydrogen (secondary N) is 1. The molecule has 0 aromatic heterocycles. The van der Waals surface area contributed by atoms with Gasteiger partial charge in [0.2, 0.25) is 0 Å². The van der Waals surface area contributed by atoms with E-state index < -0.39 is 0 Å². The predicted molar refractivity (Wildman–Crippen MR) is 102 cm³/mol. The molecule has 1 atom stereocenters. The fourth-order valence-corrected chi connectivity index (χ4v) is 3.90. The van der Waals surface area contributed by atoms with Gasteiger partial charge in [-0.1, -0.05) is 24.3 Å². The first kappa shape index (κ1) is 17.8. The van der Waals surface area contributed by atoms with Crippen molar-refractivity contribution in [3.63, 3.8) is 0 Å². The minimum absolute atomic E-state index is 0.123. The Balaban J connectivity index is 1.71. The number of carbonyl (C=O) groups is 1. The first-order chi connectivity index (χ1) is 12.3. The van der Waals surface area contributed by atoms with Crippen LogP contribution in [-0.2, 0) is 4.74 Å². The number of thioether (sulfide) groups is 1. The van der Waals surface area contributed by atoms with Gasteiger partial charge in [-0.25, -0.2) is 0 Å². The van der Waals surface area contributed by atoms with E-state index in [2.05, 4.69) is 5.32 Å². The van der Waals surface area contributed by atoms with E-state index in [9.17, 15) is 4.79 Å². The SMILES string of the molecule is CCOc1ccccc1NC(=O)c1ccccc1SCC1CCCO1. The van der Waals surface area contributed by atoms with Crippen LogP contribution >= 0.6 is 11.8 Å². The molecule has 0 aliphatic carbocycles. The summed E-state index contributed by atoms with van der Waals surface area (Å²) < 4.78 is 11.3. The average Bonchev–Trinajstić information content (AvgIpc) is 3.15. The molecule has 1 saturated heterocycles. The summed E-state index contributed by atoms with van der Waals surface area (Å²) in [5.41, 5.74) is 1.37. The molecule has 1 fully saturated rings. The highest BCUT2D eigenvalue weighted by Crippen LogP contribution is 2.29. The Labute approximate surface area is 152 Å². The first-order valence-electron chi connectivity index (χ1n) is 8.64. The van der Waals surface area contributed by atoms with Gasteiger partial charge >= 0.3 is 0 Å². The highest BCUT2D eigenvalue weighted by molar-refractivity contribution is 7.99. The molecule has 1 amide bonds. The zero-order valence-electron chi connectivity index (χ0n) is 14.4. The molecule has 2 aromatic rings.